The summed E-state index contributed by atoms with van der Waals surface area (Å²) in [5.74, 6) is 0.585. The van der Waals surface area contributed by atoms with E-state index >= 15 is 0 Å². The molecule has 0 radical (unpaired) electrons. The number of aromatic nitrogens is 4. The Kier molecular flexibility index (Phi) is 4.66. The van der Waals surface area contributed by atoms with Crippen LogP contribution in [0.5, 0.6) is 0 Å². The van der Waals surface area contributed by atoms with E-state index in [0.29, 0.717) is 18.8 Å². The summed E-state index contributed by atoms with van der Waals surface area (Å²) in [7, 11) is -4.37. The highest BCUT2D eigenvalue weighted by Crippen LogP contribution is 2.09. The van der Waals surface area contributed by atoms with E-state index in [2.05, 4.69) is 19.2 Å². The van der Waals surface area contributed by atoms with Crippen LogP contribution in [0.2, 0.25) is 0 Å². The fourth-order valence-electron chi connectivity index (χ4n) is 1.49. The third-order valence-electron chi connectivity index (χ3n) is 2.36. The molecule has 0 bridgehead atoms. The second-order valence-corrected chi connectivity index (χ2v) is 4.95. The van der Waals surface area contributed by atoms with Crippen molar-refractivity contribution in [2.75, 3.05) is 6.61 Å². The van der Waals surface area contributed by atoms with Crippen LogP contribution in [0, 0.1) is 0 Å². The summed E-state index contributed by atoms with van der Waals surface area (Å²) >= 11 is 0. The first kappa shape index (κ1) is 14.4. The third-order valence-corrected chi connectivity index (χ3v) is 2.82. The minimum atomic E-state index is -4.37. The van der Waals surface area contributed by atoms with Crippen molar-refractivity contribution < 1.29 is 21.8 Å². The average molecular weight is 297 g/mol. The first-order valence-electron chi connectivity index (χ1n) is 5.79. The zero-order valence-electron chi connectivity index (χ0n) is 10.5. The first-order chi connectivity index (χ1) is 9.54. The van der Waals surface area contributed by atoms with Gasteiger partial charge < -0.3 is 0 Å². The lowest BCUT2D eigenvalue weighted by atomic mass is 10.3. The molecule has 0 aliphatic carbocycles. The molecule has 0 saturated heterocycles. The number of rotatable bonds is 6. The van der Waals surface area contributed by atoms with E-state index < -0.39 is 10.4 Å². The molecule has 2 heterocycles. The molecule has 0 fully saturated rings. The maximum atomic E-state index is 10.3. The SMILES string of the molecule is O=S(=O)(O)OCCC[n+]1ccc(-c2ncccn2)cn1. The molecule has 1 N–H and O–H groups in total. The molecule has 8 nitrogen and oxygen atoms in total. The smallest absolute Gasteiger partial charge is 0.264 e. The summed E-state index contributed by atoms with van der Waals surface area (Å²) in [6.07, 6.45) is 7.06. The van der Waals surface area contributed by atoms with Crippen molar-refractivity contribution in [3.8, 4) is 11.4 Å². The van der Waals surface area contributed by atoms with Gasteiger partial charge >= 0.3 is 10.4 Å². The van der Waals surface area contributed by atoms with Crippen molar-refractivity contribution in [3.05, 3.63) is 36.9 Å². The zero-order valence-corrected chi connectivity index (χ0v) is 11.3. The first-order valence-corrected chi connectivity index (χ1v) is 7.16. The van der Waals surface area contributed by atoms with Crippen LogP contribution in [-0.2, 0) is 21.1 Å². The van der Waals surface area contributed by atoms with Gasteiger partial charge in [-0.2, -0.15) is 8.42 Å². The number of nitrogens with zero attached hydrogens (tertiary/aromatic N) is 4. The van der Waals surface area contributed by atoms with Gasteiger partial charge in [-0.25, -0.2) is 14.2 Å². The van der Waals surface area contributed by atoms with Gasteiger partial charge in [0.2, 0.25) is 0 Å². The standard InChI is InChI=1S/C11H12N4O4S/c16-20(17,18)19-8-2-6-15-7-3-10(9-14-15)11-12-4-1-5-13-11/h1,3-5,7,9H,2,6,8H2/p+1. The van der Waals surface area contributed by atoms with Gasteiger partial charge in [0, 0.05) is 30.4 Å². The van der Waals surface area contributed by atoms with Crippen molar-refractivity contribution in [1.29, 1.82) is 0 Å². The van der Waals surface area contributed by atoms with Gasteiger partial charge in [-0.05, 0) is 11.2 Å². The summed E-state index contributed by atoms with van der Waals surface area (Å²) in [5, 5.41) is 4.16. The molecule has 20 heavy (non-hydrogen) atoms. The Morgan fingerprint density at radius 2 is 2.05 bits per heavy atom. The van der Waals surface area contributed by atoms with E-state index in [9.17, 15) is 8.42 Å². The predicted molar refractivity (Wildman–Crippen MR) is 67.6 cm³/mol. The fraction of sp³-hybridized carbons (Fsp3) is 0.273. The largest absolute Gasteiger partial charge is 0.397 e. The Morgan fingerprint density at radius 1 is 1.30 bits per heavy atom. The topological polar surface area (TPSA) is 106 Å². The van der Waals surface area contributed by atoms with E-state index in [1.165, 1.54) is 0 Å². The predicted octanol–water partition coefficient (Wildman–Crippen LogP) is 0.0356. The Morgan fingerprint density at radius 3 is 2.65 bits per heavy atom. The Labute approximate surface area is 116 Å². The summed E-state index contributed by atoms with van der Waals surface area (Å²) < 4.78 is 34.9. The normalized spacial score (nSPS) is 11.4. The van der Waals surface area contributed by atoms with Crippen LogP contribution in [0.4, 0.5) is 0 Å². The van der Waals surface area contributed by atoms with E-state index in [0.717, 1.165) is 5.56 Å². The number of hydrogen-bond acceptors (Lipinski definition) is 6. The summed E-state index contributed by atoms with van der Waals surface area (Å²) in [6, 6.07) is 3.54. The molecular formula is C11H13N4O4S+. The molecule has 2 aromatic heterocycles. The molecule has 0 aliphatic rings. The van der Waals surface area contributed by atoms with Crippen LogP contribution in [0.1, 0.15) is 6.42 Å². The molecule has 2 rings (SSSR count). The second-order valence-electron chi connectivity index (χ2n) is 3.85. The van der Waals surface area contributed by atoms with Crippen LogP contribution >= 0.6 is 0 Å². The summed E-state index contributed by atoms with van der Waals surface area (Å²) in [4.78, 5) is 8.21. The van der Waals surface area contributed by atoms with Crippen molar-refractivity contribution >= 4 is 10.4 Å². The lowest BCUT2D eigenvalue weighted by Gasteiger charge is -1.98. The van der Waals surface area contributed by atoms with Crippen molar-refractivity contribution in [2.24, 2.45) is 0 Å². The van der Waals surface area contributed by atoms with Gasteiger partial charge in [-0.15, -0.1) is 0 Å². The van der Waals surface area contributed by atoms with Gasteiger partial charge in [0.1, 0.15) is 6.20 Å². The molecular weight excluding hydrogens is 284 g/mol. The molecule has 2 aromatic rings. The Hall–Kier alpha value is -1.97. The maximum absolute atomic E-state index is 10.3. The summed E-state index contributed by atoms with van der Waals surface area (Å²) in [6.45, 7) is 0.364. The van der Waals surface area contributed by atoms with E-state index in [-0.39, 0.29) is 6.61 Å². The minimum absolute atomic E-state index is 0.100. The maximum Gasteiger partial charge on any atom is 0.397 e. The number of hydrogen-bond donors (Lipinski definition) is 1. The van der Waals surface area contributed by atoms with Crippen LogP contribution in [0.15, 0.2) is 36.9 Å². The molecule has 0 aliphatic heterocycles. The Balaban J connectivity index is 1.89. The Bertz CT molecular complexity index is 646. The van der Waals surface area contributed by atoms with Crippen LogP contribution in [0.3, 0.4) is 0 Å². The van der Waals surface area contributed by atoms with Crippen LogP contribution in [-0.4, -0.2) is 34.6 Å². The molecule has 0 saturated carbocycles. The van der Waals surface area contributed by atoms with Gasteiger partial charge in [-0.1, -0.05) is 4.68 Å². The second kappa shape index (κ2) is 6.46. The van der Waals surface area contributed by atoms with Gasteiger partial charge in [0.25, 0.3) is 0 Å². The average Bonchev–Trinajstić information content (AvgIpc) is 2.44. The highest BCUT2D eigenvalue weighted by molar-refractivity contribution is 7.80. The van der Waals surface area contributed by atoms with Crippen LogP contribution in [0.25, 0.3) is 11.4 Å². The molecule has 0 spiro atoms. The van der Waals surface area contributed by atoms with Crippen molar-refractivity contribution in [3.63, 3.8) is 0 Å². The molecule has 106 valence electrons. The number of aryl methyl sites for hydroxylation is 1. The molecule has 0 unspecified atom stereocenters. The molecule has 9 heteroatoms. The third kappa shape index (κ3) is 4.61. The van der Waals surface area contributed by atoms with Crippen molar-refractivity contribution in [1.82, 2.24) is 15.1 Å². The monoisotopic (exact) mass is 297 g/mol. The van der Waals surface area contributed by atoms with Gasteiger partial charge in [0.05, 0.1) is 6.61 Å². The van der Waals surface area contributed by atoms with Crippen molar-refractivity contribution in [2.45, 2.75) is 13.0 Å². The molecule has 0 aromatic carbocycles. The minimum Gasteiger partial charge on any atom is -0.264 e. The van der Waals surface area contributed by atoms with E-state index in [4.69, 9.17) is 4.55 Å². The lowest BCUT2D eigenvalue weighted by molar-refractivity contribution is -0.754. The van der Waals surface area contributed by atoms with Gasteiger partial charge in [-0.3, -0.25) is 4.55 Å². The highest BCUT2D eigenvalue weighted by atomic mass is 32.3. The molecule has 0 amide bonds. The quantitative estimate of drug-likeness (QED) is 0.455. The zero-order chi connectivity index (χ0) is 14.4. The molecule has 0 atom stereocenters. The lowest BCUT2D eigenvalue weighted by Crippen LogP contribution is -2.37. The van der Waals surface area contributed by atoms with Crippen LogP contribution < -0.4 is 4.68 Å². The highest BCUT2D eigenvalue weighted by Gasteiger charge is 2.08. The van der Waals surface area contributed by atoms with Gasteiger partial charge in [0.15, 0.2) is 18.6 Å². The van der Waals surface area contributed by atoms with E-state index in [1.807, 2.05) is 6.07 Å². The van der Waals surface area contributed by atoms with E-state index in [1.54, 1.807) is 35.5 Å². The fourth-order valence-corrected chi connectivity index (χ4v) is 1.82. The summed E-state index contributed by atoms with van der Waals surface area (Å²) in [5.41, 5.74) is 0.788.